The fourth-order valence-corrected chi connectivity index (χ4v) is 0.786. The standard InChI is InChI=1S/C4H6N10O/c5-1-7-3(11-9-1)13-14(15)4-8-2(6)10-12-4/h(H3,5,7,9,11)(H3,6,8,10,12). The first-order valence-electron chi connectivity index (χ1n) is 3.70. The highest BCUT2D eigenvalue weighted by molar-refractivity contribution is 5.23. The fraction of sp³-hybridized carbons (Fsp3) is 0. The van der Waals surface area contributed by atoms with Crippen LogP contribution in [-0.2, 0) is 0 Å². The predicted molar refractivity (Wildman–Crippen MR) is 47.0 cm³/mol. The van der Waals surface area contributed by atoms with Gasteiger partial charge in [0.15, 0.2) is 0 Å². The maximum absolute atomic E-state index is 11.3. The van der Waals surface area contributed by atoms with Crippen LogP contribution < -0.4 is 11.5 Å². The molecule has 0 aliphatic carbocycles. The second-order valence-corrected chi connectivity index (χ2v) is 2.41. The summed E-state index contributed by atoms with van der Waals surface area (Å²) in [5.41, 5.74) is 10.5. The van der Waals surface area contributed by atoms with Crippen LogP contribution in [0, 0.1) is 5.21 Å². The van der Waals surface area contributed by atoms with Gasteiger partial charge in [0.25, 0.3) is 0 Å². The normalized spacial score (nSPS) is 11.9. The van der Waals surface area contributed by atoms with Crippen molar-refractivity contribution in [3.8, 4) is 0 Å². The highest BCUT2D eigenvalue weighted by Crippen LogP contribution is 2.09. The minimum Gasteiger partial charge on any atom is -0.721 e. The number of hydrogen-bond acceptors (Lipinski definition) is 8. The number of nitrogen functional groups attached to an aromatic ring is 2. The molecule has 0 bridgehead atoms. The molecule has 78 valence electrons. The third kappa shape index (κ3) is 1.79. The molecule has 0 saturated heterocycles. The third-order valence-electron chi connectivity index (χ3n) is 1.33. The highest BCUT2D eigenvalue weighted by Gasteiger charge is 2.12. The fourth-order valence-electron chi connectivity index (χ4n) is 0.786. The van der Waals surface area contributed by atoms with Crippen LogP contribution in [0.25, 0.3) is 0 Å². The minimum atomic E-state index is -0.240. The van der Waals surface area contributed by atoms with E-state index in [4.69, 9.17) is 11.5 Å². The molecule has 0 aliphatic rings. The lowest BCUT2D eigenvalue weighted by atomic mass is 11.0. The summed E-state index contributed by atoms with van der Waals surface area (Å²) in [6.07, 6.45) is 0. The Morgan fingerprint density at radius 2 is 1.80 bits per heavy atom. The average molecular weight is 210 g/mol. The maximum atomic E-state index is 11.3. The number of hydrogen-bond donors (Lipinski definition) is 4. The topological polar surface area (TPSA) is 174 Å². The zero-order chi connectivity index (χ0) is 10.8. The molecular weight excluding hydrogens is 204 g/mol. The van der Waals surface area contributed by atoms with E-state index in [1.807, 2.05) is 0 Å². The van der Waals surface area contributed by atoms with E-state index < -0.39 is 0 Å². The Labute approximate surface area is 81.8 Å². The molecule has 0 aromatic carbocycles. The van der Waals surface area contributed by atoms with Crippen molar-refractivity contribution in [1.29, 1.82) is 0 Å². The predicted octanol–water partition coefficient (Wildman–Crippen LogP) is -0.987. The van der Waals surface area contributed by atoms with Crippen LogP contribution in [0.4, 0.5) is 23.8 Å². The first-order chi connectivity index (χ1) is 7.15. The number of aromatic amines is 2. The molecule has 0 unspecified atom stereocenters. The number of nitrogens with one attached hydrogen (secondary N) is 2. The van der Waals surface area contributed by atoms with E-state index in [0.717, 1.165) is 0 Å². The van der Waals surface area contributed by atoms with Crippen molar-refractivity contribution >= 4 is 23.8 Å². The van der Waals surface area contributed by atoms with Crippen molar-refractivity contribution in [1.82, 2.24) is 30.4 Å². The van der Waals surface area contributed by atoms with Crippen LogP contribution in [0.2, 0.25) is 0 Å². The van der Waals surface area contributed by atoms with E-state index in [2.05, 4.69) is 35.5 Å². The van der Waals surface area contributed by atoms with Crippen molar-refractivity contribution in [2.24, 2.45) is 5.11 Å². The lowest BCUT2D eigenvalue weighted by molar-refractivity contribution is -0.444. The molecule has 0 fully saturated rings. The van der Waals surface area contributed by atoms with Crippen LogP contribution >= 0.6 is 0 Å². The van der Waals surface area contributed by atoms with Gasteiger partial charge in [-0.15, -0.1) is 9.96 Å². The number of rotatable bonds is 2. The van der Waals surface area contributed by atoms with Crippen LogP contribution in [0.15, 0.2) is 5.11 Å². The molecular formula is C4H6N10O. The highest BCUT2D eigenvalue weighted by atomic mass is 16.5. The molecule has 11 nitrogen and oxygen atoms in total. The van der Waals surface area contributed by atoms with Crippen molar-refractivity contribution < 1.29 is 4.86 Å². The molecule has 2 aromatic rings. The summed E-state index contributed by atoms with van der Waals surface area (Å²) in [5, 5.41) is 26.3. The maximum Gasteiger partial charge on any atom is 0.477 e. The first kappa shape index (κ1) is 8.86. The molecule has 0 saturated carbocycles. The van der Waals surface area contributed by atoms with Crippen molar-refractivity contribution in [3.63, 3.8) is 0 Å². The first-order valence-corrected chi connectivity index (χ1v) is 3.70. The lowest BCUT2D eigenvalue weighted by Gasteiger charge is -1.96. The molecule has 2 heterocycles. The van der Waals surface area contributed by atoms with Gasteiger partial charge in [0.05, 0.1) is 0 Å². The second kappa shape index (κ2) is 3.21. The Kier molecular flexibility index (Phi) is 1.89. The Morgan fingerprint density at radius 3 is 2.33 bits per heavy atom. The summed E-state index contributed by atoms with van der Waals surface area (Å²) in [6.45, 7) is 0. The Bertz CT molecular complexity index is 495. The number of azo groups is 1. The average Bonchev–Trinajstić information content (AvgIpc) is 2.75. The molecule has 2 rings (SSSR count). The Balaban J connectivity index is 2.27. The number of anilines is 2. The molecule has 0 radical (unpaired) electrons. The van der Waals surface area contributed by atoms with Gasteiger partial charge in [0.1, 0.15) is 0 Å². The van der Waals surface area contributed by atoms with E-state index >= 15 is 0 Å². The van der Waals surface area contributed by atoms with Gasteiger partial charge in [-0.25, -0.2) is 5.10 Å². The Hall–Kier alpha value is -2.72. The summed E-state index contributed by atoms with van der Waals surface area (Å²) < 4.78 is 0. The van der Waals surface area contributed by atoms with Gasteiger partial charge < -0.3 is 16.7 Å². The lowest BCUT2D eigenvalue weighted by Crippen LogP contribution is -1.93. The van der Waals surface area contributed by atoms with Crippen molar-refractivity contribution in [2.75, 3.05) is 11.5 Å². The van der Waals surface area contributed by atoms with Crippen LogP contribution in [0.5, 0.6) is 0 Å². The van der Waals surface area contributed by atoms with Gasteiger partial charge in [-0.1, -0.05) is 5.11 Å². The van der Waals surface area contributed by atoms with Crippen LogP contribution in [-0.4, -0.2) is 35.2 Å². The summed E-state index contributed by atoms with van der Waals surface area (Å²) in [7, 11) is 0. The Morgan fingerprint density at radius 1 is 1.13 bits per heavy atom. The number of aromatic nitrogens is 6. The third-order valence-corrected chi connectivity index (χ3v) is 1.33. The molecule has 0 aliphatic heterocycles. The van der Waals surface area contributed by atoms with E-state index in [1.54, 1.807) is 0 Å². The summed E-state index contributed by atoms with van der Waals surface area (Å²) >= 11 is 0. The van der Waals surface area contributed by atoms with E-state index in [9.17, 15) is 5.21 Å². The van der Waals surface area contributed by atoms with Gasteiger partial charge in [-0.05, 0) is 4.98 Å². The number of H-pyrrole nitrogens is 2. The molecule has 15 heavy (non-hydrogen) atoms. The van der Waals surface area contributed by atoms with Crippen LogP contribution in [0.3, 0.4) is 0 Å². The zero-order valence-electron chi connectivity index (χ0n) is 7.25. The SMILES string of the molecule is Nc1nc(N=[N+]([O-])c2n[nH]c(N)n2)n[nH]1. The van der Waals surface area contributed by atoms with E-state index in [0.29, 0.717) is 0 Å². The van der Waals surface area contributed by atoms with Gasteiger partial charge in [0, 0.05) is 5.10 Å². The summed E-state index contributed by atoms with van der Waals surface area (Å²) in [4.78, 5) is 7.26. The molecule has 0 amide bonds. The van der Waals surface area contributed by atoms with E-state index in [1.165, 1.54) is 0 Å². The molecule has 0 atom stereocenters. The number of nitrogens with zero attached hydrogens (tertiary/aromatic N) is 6. The van der Waals surface area contributed by atoms with E-state index in [-0.39, 0.29) is 28.7 Å². The quantitative estimate of drug-likeness (QED) is 0.279. The smallest absolute Gasteiger partial charge is 0.477 e. The van der Waals surface area contributed by atoms with Gasteiger partial charge in [-0.3, -0.25) is 0 Å². The van der Waals surface area contributed by atoms with Crippen LogP contribution in [0.1, 0.15) is 0 Å². The largest absolute Gasteiger partial charge is 0.721 e. The second-order valence-electron chi connectivity index (χ2n) is 2.41. The molecule has 11 heteroatoms. The molecule has 6 N–H and O–H groups in total. The molecule has 2 aromatic heterocycles. The van der Waals surface area contributed by atoms with Crippen molar-refractivity contribution in [2.45, 2.75) is 0 Å². The summed E-state index contributed by atoms with van der Waals surface area (Å²) in [5.74, 6) is -0.297. The van der Waals surface area contributed by atoms with Gasteiger partial charge >= 0.3 is 17.8 Å². The number of nitrogens with two attached hydrogens (primary N) is 2. The van der Waals surface area contributed by atoms with Crippen molar-refractivity contribution in [3.05, 3.63) is 5.21 Å². The van der Waals surface area contributed by atoms with Gasteiger partial charge in [-0.2, -0.15) is 10.1 Å². The summed E-state index contributed by atoms with van der Waals surface area (Å²) in [6, 6.07) is 0. The zero-order valence-corrected chi connectivity index (χ0v) is 7.25. The monoisotopic (exact) mass is 210 g/mol. The minimum absolute atomic E-state index is 0.00977. The van der Waals surface area contributed by atoms with Gasteiger partial charge in [0.2, 0.25) is 5.95 Å². The molecule has 0 spiro atoms.